The van der Waals surface area contributed by atoms with E-state index < -0.39 is 9.84 Å². The zero-order valence-electron chi connectivity index (χ0n) is 17.1. The number of hydrogen-bond donors (Lipinski definition) is 2. The van der Waals surface area contributed by atoms with Crippen LogP contribution < -0.4 is 10.6 Å². The fourth-order valence-corrected chi connectivity index (χ4v) is 4.12. The number of aliphatic imine (C=N–C) groups is 1. The SMILES string of the molecule is CN=C(NCc1ccc(CS(C)(=O)=O)cc1)NCC(C)(C)c1ccc(F)cc1Cl. The van der Waals surface area contributed by atoms with Gasteiger partial charge in [-0.05, 0) is 28.8 Å². The molecule has 5 nitrogen and oxygen atoms in total. The average Bonchev–Trinajstić information content (AvgIpc) is 2.61. The first kappa shape index (κ1) is 23.2. The topological polar surface area (TPSA) is 70.6 Å². The molecule has 0 saturated carbocycles. The maximum Gasteiger partial charge on any atom is 0.191 e. The van der Waals surface area contributed by atoms with Gasteiger partial charge < -0.3 is 10.6 Å². The van der Waals surface area contributed by atoms with Crippen molar-refractivity contribution in [2.24, 2.45) is 4.99 Å². The van der Waals surface area contributed by atoms with E-state index in [0.717, 1.165) is 16.7 Å². The molecule has 0 aliphatic heterocycles. The Hall–Kier alpha value is -2.12. The van der Waals surface area contributed by atoms with Gasteiger partial charge in [0, 0.05) is 36.8 Å². The van der Waals surface area contributed by atoms with Gasteiger partial charge in [0.2, 0.25) is 0 Å². The Morgan fingerprint density at radius 1 is 1.10 bits per heavy atom. The Balaban J connectivity index is 1.93. The van der Waals surface area contributed by atoms with Crippen molar-refractivity contribution in [3.8, 4) is 0 Å². The van der Waals surface area contributed by atoms with Crippen LogP contribution in [0.2, 0.25) is 5.02 Å². The summed E-state index contributed by atoms with van der Waals surface area (Å²) in [4.78, 5) is 4.22. The van der Waals surface area contributed by atoms with Crippen LogP contribution in [0, 0.1) is 5.82 Å². The highest BCUT2D eigenvalue weighted by molar-refractivity contribution is 7.89. The van der Waals surface area contributed by atoms with Gasteiger partial charge in [0.25, 0.3) is 0 Å². The molecule has 0 spiro atoms. The van der Waals surface area contributed by atoms with Crippen LogP contribution in [0.3, 0.4) is 0 Å². The van der Waals surface area contributed by atoms with E-state index in [1.165, 1.54) is 18.4 Å². The highest BCUT2D eigenvalue weighted by Crippen LogP contribution is 2.29. The summed E-state index contributed by atoms with van der Waals surface area (Å²) in [5, 5.41) is 6.90. The predicted molar refractivity (Wildman–Crippen MR) is 118 cm³/mol. The second kappa shape index (κ2) is 9.59. The first-order valence-electron chi connectivity index (χ1n) is 9.16. The molecule has 0 bridgehead atoms. The lowest BCUT2D eigenvalue weighted by Crippen LogP contribution is -2.43. The van der Waals surface area contributed by atoms with Gasteiger partial charge in [0.1, 0.15) is 5.82 Å². The van der Waals surface area contributed by atoms with E-state index in [-0.39, 0.29) is 17.0 Å². The normalized spacial score (nSPS) is 12.7. The van der Waals surface area contributed by atoms with E-state index in [1.807, 2.05) is 38.1 Å². The lowest BCUT2D eigenvalue weighted by atomic mass is 9.84. The number of nitrogens with zero attached hydrogens (tertiary/aromatic N) is 1. The van der Waals surface area contributed by atoms with Gasteiger partial charge >= 0.3 is 0 Å². The van der Waals surface area contributed by atoms with Crippen molar-refractivity contribution in [2.45, 2.75) is 31.6 Å². The second-order valence-corrected chi connectivity index (χ2v) is 10.2. The number of rotatable bonds is 7. The van der Waals surface area contributed by atoms with Gasteiger partial charge in [0.15, 0.2) is 15.8 Å². The van der Waals surface area contributed by atoms with E-state index in [0.29, 0.717) is 24.1 Å². The van der Waals surface area contributed by atoms with Gasteiger partial charge in [-0.2, -0.15) is 0 Å². The highest BCUT2D eigenvalue weighted by Gasteiger charge is 2.24. The molecule has 0 aliphatic rings. The maximum absolute atomic E-state index is 13.3. The lowest BCUT2D eigenvalue weighted by Gasteiger charge is -2.27. The van der Waals surface area contributed by atoms with E-state index in [9.17, 15) is 12.8 Å². The van der Waals surface area contributed by atoms with Crippen LogP contribution in [-0.4, -0.2) is 34.2 Å². The second-order valence-electron chi connectivity index (χ2n) is 7.67. The van der Waals surface area contributed by atoms with E-state index in [4.69, 9.17) is 11.6 Å². The minimum atomic E-state index is -3.04. The molecule has 0 fully saturated rings. The lowest BCUT2D eigenvalue weighted by molar-refractivity contribution is 0.507. The fourth-order valence-electron chi connectivity index (χ4n) is 2.90. The molecule has 8 heteroatoms. The van der Waals surface area contributed by atoms with Crippen LogP contribution in [0.25, 0.3) is 0 Å². The number of benzene rings is 2. The first-order valence-corrected chi connectivity index (χ1v) is 11.6. The zero-order valence-corrected chi connectivity index (χ0v) is 18.7. The van der Waals surface area contributed by atoms with Crippen LogP contribution in [0.5, 0.6) is 0 Å². The third-order valence-corrected chi connectivity index (χ3v) is 5.66. The number of sulfone groups is 1. The molecule has 0 atom stereocenters. The summed E-state index contributed by atoms with van der Waals surface area (Å²) in [6, 6.07) is 11.8. The van der Waals surface area contributed by atoms with Gasteiger partial charge in [0.05, 0.1) is 5.75 Å². The molecule has 2 N–H and O–H groups in total. The van der Waals surface area contributed by atoms with Crippen molar-refractivity contribution < 1.29 is 12.8 Å². The maximum atomic E-state index is 13.3. The molecule has 29 heavy (non-hydrogen) atoms. The fraction of sp³-hybridized carbons (Fsp3) is 0.381. The molecule has 0 saturated heterocycles. The summed E-state index contributed by atoms with van der Waals surface area (Å²) in [7, 11) is -1.36. The van der Waals surface area contributed by atoms with Gasteiger partial charge in [-0.3, -0.25) is 4.99 Å². The molecule has 0 aromatic heterocycles. The van der Waals surface area contributed by atoms with Crippen LogP contribution in [0.15, 0.2) is 47.5 Å². The molecule has 0 amide bonds. The molecule has 0 radical (unpaired) electrons. The van der Waals surface area contributed by atoms with Crippen molar-refractivity contribution >= 4 is 27.4 Å². The zero-order chi connectivity index (χ0) is 21.7. The summed E-state index contributed by atoms with van der Waals surface area (Å²) in [5.41, 5.74) is 2.28. The van der Waals surface area contributed by atoms with Crippen molar-refractivity contribution in [3.63, 3.8) is 0 Å². The third-order valence-electron chi connectivity index (χ3n) is 4.49. The van der Waals surface area contributed by atoms with Gasteiger partial charge in [-0.25, -0.2) is 12.8 Å². The molecule has 2 aromatic rings. The Kier molecular flexibility index (Phi) is 7.66. The van der Waals surface area contributed by atoms with Crippen molar-refractivity contribution in [2.75, 3.05) is 19.8 Å². The highest BCUT2D eigenvalue weighted by atomic mass is 35.5. The Labute approximate surface area is 177 Å². The van der Waals surface area contributed by atoms with Gasteiger partial charge in [-0.1, -0.05) is 55.8 Å². The number of hydrogen-bond acceptors (Lipinski definition) is 3. The van der Waals surface area contributed by atoms with Crippen molar-refractivity contribution in [1.29, 1.82) is 0 Å². The third kappa shape index (κ3) is 7.33. The first-order chi connectivity index (χ1) is 13.5. The Bertz CT molecular complexity index is 974. The molecule has 2 aromatic carbocycles. The molecular formula is C21H27ClFN3O2S. The minimum absolute atomic E-state index is 0.0327. The quantitative estimate of drug-likeness (QED) is 0.510. The van der Waals surface area contributed by atoms with E-state index in [2.05, 4.69) is 15.6 Å². The van der Waals surface area contributed by atoms with Crippen LogP contribution in [0.4, 0.5) is 4.39 Å². The summed E-state index contributed by atoms with van der Waals surface area (Å²) in [6.07, 6.45) is 1.22. The minimum Gasteiger partial charge on any atom is -0.356 e. The Morgan fingerprint density at radius 2 is 1.72 bits per heavy atom. The van der Waals surface area contributed by atoms with Crippen LogP contribution in [0.1, 0.15) is 30.5 Å². The van der Waals surface area contributed by atoms with E-state index >= 15 is 0 Å². The molecule has 0 heterocycles. The standard InChI is InChI=1S/C21H27ClFN3O2S/c1-21(2,18-10-9-17(23)11-19(18)22)14-26-20(24-3)25-12-15-5-7-16(8-6-15)13-29(4,27)28/h5-11H,12-14H2,1-4H3,(H2,24,25,26). The van der Waals surface area contributed by atoms with E-state index in [1.54, 1.807) is 13.1 Å². The molecule has 158 valence electrons. The monoisotopic (exact) mass is 439 g/mol. The van der Waals surface area contributed by atoms with Crippen LogP contribution >= 0.6 is 11.6 Å². The number of guanidine groups is 1. The molecule has 2 rings (SSSR count). The predicted octanol–water partition coefficient (Wildman–Crippen LogP) is 3.67. The largest absolute Gasteiger partial charge is 0.356 e. The molecule has 0 aliphatic carbocycles. The number of halogens is 2. The molecular weight excluding hydrogens is 413 g/mol. The summed E-state index contributed by atoms with van der Waals surface area (Å²) < 4.78 is 36.1. The molecule has 0 unspecified atom stereocenters. The Morgan fingerprint density at radius 3 is 2.28 bits per heavy atom. The van der Waals surface area contributed by atoms with Crippen LogP contribution in [-0.2, 0) is 27.5 Å². The number of nitrogens with one attached hydrogen (secondary N) is 2. The summed E-state index contributed by atoms with van der Waals surface area (Å²) in [6.45, 7) is 5.13. The van der Waals surface area contributed by atoms with Crippen molar-refractivity contribution in [1.82, 2.24) is 10.6 Å². The smallest absolute Gasteiger partial charge is 0.191 e. The summed E-state index contributed by atoms with van der Waals surface area (Å²) >= 11 is 6.21. The average molecular weight is 440 g/mol. The summed E-state index contributed by atoms with van der Waals surface area (Å²) in [5.74, 6) is 0.296. The van der Waals surface area contributed by atoms with Gasteiger partial charge in [-0.15, -0.1) is 0 Å². The van der Waals surface area contributed by atoms with Crippen molar-refractivity contribution in [3.05, 3.63) is 70.0 Å².